The van der Waals surface area contributed by atoms with Crippen LogP contribution in [0.25, 0.3) is 0 Å². The lowest BCUT2D eigenvalue weighted by atomic mass is 10.3. The van der Waals surface area contributed by atoms with Crippen molar-refractivity contribution in [2.45, 2.75) is 26.4 Å². The van der Waals surface area contributed by atoms with Gasteiger partial charge in [0.1, 0.15) is 17.8 Å². The van der Waals surface area contributed by atoms with Gasteiger partial charge in [-0.3, -0.25) is 9.89 Å². The Morgan fingerprint density at radius 1 is 1.58 bits per heavy atom. The SMILES string of the molecule is CCCn1cc(N)cc1C(=O)N(C)Cc1ncn[nH]1. The summed E-state index contributed by atoms with van der Waals surface area (Å²) in [5.41, 5.74) is 6.96. The number of H-pyrrole nitrogens is 1. The number of aromatic nitrogens is 4. The van der Waals surface area contributed by atoms with E-state index in [1.54, 1.807) is 24.2 Å². The molecule has 0 aromatic carbocycles. The Morgan fingerprint density at radius 2 is 2.37 bits per heavy atom. The minimum Gasteiger partial charge on any atom is -0.397 e. The van der Waals surface area contributed by atoms with Crippen LogP contribution in [-0.2, 0) is 13.1 Å². The van der Waals surface area contributed by atoms with Crippen molar-refractivity contribution in [2.75, 3.05) is 12.8 Å². The lowest BCUT2D eigenvalue weighted by Crippen LogP contribution is -2.28. The highest BCUT2D eigenvalue weighted by Gasteiger charge is 2.17. The van der Waals surface area contributed by atoms with Gasteiger partial charge in [-0.2, -0.15) is 5.10 Å². The summed E-state index contributed by atoms with van der Waals surface area (Å²) in [5, 5.41) is 6.49. The number of nitrogen functional groups attached to an aromatic ring is 1. The molecule has 0 radical (unpaired) electrons. The van der Waals surface area contributed by atoms with E-state index >= 15 is 0 Å². The highest BCUT2D eigenvalue weighted by molar-refractivity contribution is 5.93. The summed E-state index contributed by atoms with van der Waals surface area (Å²) in [7, 11) is 1.73. The topological polar surface area (TPSA) is 92.8 Å². The van der Waals surface area contributed by atoms with Gasteiger partial charge in [-0.05, 0) is 12.5 Å². The van der Waals surface area contributed by atoms with Gasteiger partial charge >= 0.3 is 0 Å². The summed E-state index contributed by atoms with van der Waals surface area (Å²) >= 11 is 0. The van der Waals surface area contributed by atoms with Gasteiger partial charge in [0.25, 0.3) is 5.91 Å². The Morgan fingerprint density at radius 3 is 3.00 bits per heavy atom. The quantitative estimate of drug-likeness (QED) is 0.836. The molecule has 7 heteroatoms. The van der Waals surface area contributed by atoms with Crippen molar-refractivity contribution in [1.29, 1.82) is 0 Å². The van der Waals surface area contributed by atoms with Crippen LogP contribution in [0.2, 0.25) is 0 Å². The van der Waals surface area contributed by atoms with Crippen molar-refractivity contribution in [1.82, 2.24) is 24.6 Å². The number of aryl methyl sites for hydroxylation is 1. The zero-order valence-corrected chi connectivity index (χ0v) is 11.1. The molecule has 2 rings (SSSR count). The summed E-state index contributed by atoms with van der Waals surface area (Å²) < 4.78 is 1.88. The van der Waals surface area contributed by atoms with Crippen molar-refractivity contribution in [3.05, 3.63) is 30.1 Å². The van der Waals surface area contributed by atoms with Crippen LogP contribution in [0.1, 0.15) is 29.7 Å². The van der Waals surface area contributed by atoms with Crippen LogP contribution in [0.3, 0.4) is 0 Å². The number of amides is 1. The fourth-order valence-corrected chi connectivity index (χ4v) is 1.94. The maximum absolute atomic E-state index is 12.4. The summed E-state index contributed by atoms with van der Waals surface area (Å²) in [6, 6.07) is 1.70. The Labute approximate surface area is 111 Å². The Hall–Kier alpha value is -2.31. The first kappa shape index (κ1) is 13.1. The van der Waals surface area contributed by atoms with Crippen molar-refractivity contribution in [3.8, 4) is 0 Å². The predicted octanol–water partition coefficient (Wildman–Crippen LogP) is 0.871. The molecule has 2 heterocycles. The molecule has 19 heavy (non-hydrogen) atoms. The number of nitrogens with one attached hydrogen (secondary N) is 1. The van der Waals surface area contributed by atoms with E-state index in [9.17, 15) is 4.79 Å². The van der Waals surface area contributed by atoms with E-state index in [4.69, 9.17) is 5.73 Å². The predicted molar refractivity (Wildman–Crippen MR) is 71.3 cm³/mol. The summed E-state index contributed by atoms with van der Waals surface area (Å²) in [6.07, 6.45) is 4.16. The van der Waals surface area contributed by atoms with Gasteiger partial charge in [0.2, 0.25) is 0 Å². The Kier molecular flexibility index (Phi) is 3.84. The average molecular weight is 262 g/mol. The van der Waals surface area contributed by atoms with Crippen molar-refractivity contribution in [3.63, 3.8) is 0 Å². The van der Waals surface area contributed by atoms with Gasteiger partial charge in [-0.1, -0.05) is 6.92 Å². The van der Waals surface area contributed by atoms with E-state index in [0.717, 1.165) is 13.0 Å². The minimum absolute atomic E-state index is 0.0819. The minimum atomic E-state index is -0.0819. The molecule has 0 saturated heterocycles. The molecule has 3 N–H and O–H groups in total. The molecule has 0 atom stereocenters. The molecule has 0 spiro atoms. The van der Waals surface area contributed by atoms with E-state index in [0.29, 0.717) is 23.8 Å². The van der Waals surface area contributed by atoms with Crippen LogP contribution in [-0.4, -0.2) is 37.6 Å². The second-order valence-electron chi connectivity index (χ2n) is 4.45. The maximum Gasteiger partial charge on any atom is 0.270 e. The van der Waals surface area contributed by atoms with E-state index in [1.165, 1.54) is 6.33 Å². The first-order chi connectivity index (χ1) is 9.11. The number of anilines is 1. The standard InChI is InChI=1S/C12H18N6O/c1-3-4-18-6-9(13)5-10(18)12(19)17(2)7-11-14-8-15-16-11/h5-6,8H,3-4,7,13H2,1-2H3,(H,14,15,16). The lowest BCUT2D eigenvalue weighted by molar-refractivity contribution is 0.0771. The molecular weight excluding hydrogens is 244 g/mol. The zero-order valence-electron chi connectivity index (χ0n) is 11.1. The monoisotopic (exact) mass is 262 g/mol. The van der Waals surface area contributed by atoms with Gasteiger partial charge in [0.05, 0.1) is 12.2 Å². The number of hydrogen-bond donors (Lipinski definition) is 2. The van der Waals surface area contributed by atoms with Gasteiger partial charge in [-0.25, -0.2) is 4.98 Å². The summed E-state index contributed by atoms with van der Waals surface area (Å²) in [6.45, 7) is 3.22. The summed E-state index contributed by atoms with van der Waals surface area (Å²) in [4.78, 5) is 18.0. The molecule has 102 valence electrons. The van der Waals surface area contributed by atoms with Gasteiger partial charge in [-0.15, -0.1) is 0 Å². The summed E-state index contributed by atoms with van der Waals surface area (Å²) in [5.74, 6) is 0.568. The van der Waals surface area contributed by atoms with E-state index < -0.39 is 0 Å². The fourth-order valence-electron chi connectivity index (χ4n) is 1.94. The molecule has 0 aliphatic carbocycles. The van der Waals surface area contributed by atoms with E-state index in [-0.39, 0.29) is 5.91 Å². The molecular formula is C12H18N6O. The van der Waals surface area contributed by atoms with Crippen molar-refractivity contribution in [2.24, 2.45) is 0 Å². The molecule has 2 aromatic heterocycles. The highest BCUT2D eigenvalue weighted by atomic mass is 16.2. The zero-order chi connectivity index (χ0) is 13.8. The van der Waals surface area contributed by atoms with Crippen LogP contribution >= 0.6 is 0 Å². The normalized spacial score (nSPS) is 10.6. The average Bonchev–Trinajstić information content (AvgIpc) is 2.98. The first-order valence-corrected chi connectivity index (χ1v) is 6.17. The number of hydrogen-bond acceptors (Lipinski definition) is 4. The number of nitrogens with zero attached hydrogens (tertiary/aromatic N) is 4. The third-order valence-corrected chi connectivity index (χ3v) is 2.80. The van der Waals surface area contributed by atoms with Crippen molar-refractivity contribution >= 4 is 11.6 Å². The number of nitrogens with two attached hydrogens (primary N) is 1. The third-order valence-electron chi connectivity index (χ3n) is 2.80. The molecule has 0 unspecified atom stereocenters. The number of carbonyl (C=O) groups excluding carboxylic acids is 1. The van der Waals surface area contributed by atoms with Crippen molar-refractivity contribution < 1.29 is 4.79 Å². The van der Waals surface area contributed by atoms with E-state index in [2.05, 4.69) is 22.1 Å². The molecule has 7 nitrogen and oxygen atoms in total. The number of rotatable bonds is 5. The Bertz CT molecular complexity index is 545. The van der Waals surface area contributed by atoms with Crippen LogP contribution in [0, 0.1) is 0 Å². The second-order valence-corrected chi connectivity index (χ2v) is 4.45. The molecule has 0 fully saturated rings. The Balaban J connectivity index is 2.14. The fraction of sp³-hybridized carbons (Fsp3) is 0.417. The van der Waals surface area contributed by atoms with Crippen LogP contribution in [0.5, 0.6) is 0 Å². The molecule has 0 aliphatic rings. The number of aromatic amines is 1. The van der Waals surface area contributed by atoms with E-state index in [1.807, 2.05) is 4.57 Å². The molecule has 2 aromatic rings. The van der Waals surface area contributed by atoms with Crippen LogP contribution < -0.4 is 5.73 Å². The van der Waals surface area contributed by atoms with Crippen LogP contribution in [0.15, 0.2) is 18.6 Å². The van der Waals surface area contributed by atoms with Gasteiger partial charge < -0.3 is 15.2 Å². The number of carbonyl (C=O) groups is 1. The highest BCUT2D eigenvalue weighted by Crippen LogP contribution is 2.14. The maximum atomic E-state index is 12.4. The molecule has 0 aliphatic heterocycles. The van der Waals surface area contributed by atoms with Crippen LogP contribution in [0.4, 0.5) is 5.69 Å². The smallest absolute Gasteiger partial charge is 0.270 e. The van der Waals surface area contributed by atoms with Gasteiger partial charge in [0, 0.05) is 19.8 Å². The molecule has 1 amide bonds. The lowest BCUT2D eigenvalue weighted by Gasteiger charge is -2.16. The van der Waals surface area contributed by atoms with Gasteiger partial charge in [0.15, 0.2) is 0 Å². The largest absolute Gasteiger partial charge is 0.397 e. The second kappa shape index (κ2) is 5.55. The third kappa shape index (κ3) is 2.93. The molecule has 0 bridgehead atoms. The first-order valence-electron chi connectivity index (χ1n) is 6.17. The molecule has 0 saturated carbocycles.